The summed E-state index contributed by atoms with van der Waals surface area (Å²) in [5.74, 6) is -2.95. The number of nitrogens with one attached hydrogen (secondary N) is 2. The first-order valence-corrected chi connectivity index (χ1v) is 13.7. The van der Waals surface area contributed by atoms with Crippen LogP contribution < -0.4 is 31.8 Å². The van der Waals surface area contributed by atoms with E-state index in [9.17, 15) is 24.3 Å². The monoisotopic (exact) mass is 572 g/mol. The number of β-lactam (4-membered cyclic amide) rings is 1. The Kier molecular flexibility index (Phi) is 7.14. The van der Waals surface area contributed by atoms with Crippen molar-refractivity contribution in [3.63, 3.8) is 0 Å². The molecule has 5 rings (SSSR count). The molecule has 0 aromatic carbocycles. The molecule has 3 atom stereocenters. The molecule has 14 nitrogen and oxygen atoms in total. The summed E-state index contributed by atoms with van der Waals surface area (Å²) in [6, 6.07) is 2.46. The molecule has 204 valence electrons. The third kappa shape index (κ3) is 4.99. The third-order valence-electron chi connectivity index (χ3n) is 6.53. The molecule has 2 aromatic heterocycles. The van der Waals surface area contributed by atoms with Gasteiger partial charge in [-0.05, 0) is 6.07 Å². The van der Waals surface area contributed by atoms with Crippen LogP contribution in [0, 0.1) is 6.92 Å². The predicted octanol–water partition coefficient (Wildman–Crippen LogP) is -2.38. The Morgan fingerprint density at radius 2 is 2.18 bits per heavy atom. The van der Waals surface area contributed by atoms with Crippen molar-refractivity contribution >= 4 is 63.3 Å². The van der Waals surface area contributed by atoms with Gasteiger partial charge in [-0.25, -0.2) is 4.98 Å². The lowest BCUT2D eigenvalue weighted by Crippen LogP contribution is -2.71. The van der Waals surface area contributed by atoms with Crippen LogP contribution in [-0.2, 0) is 30.6 Å². The molecule has 39 heavy (non-hydrogen) atoms. The maximum atomic E-state index is 13.2. The second-order valence-electron chi connectivity index (χ2n) is 8.96. The molecule has 0 radical (unpaired) electrons. The van der Waals surface area contributed by atoms with Crippen molar-refractivity contribution in [2.45, 2.75) is 37.4 Å². The zero-order chi connectivity index (χ0) is 27.8. The van der Waals surface area contributed by atoms with E-state index in [1.807, 2.05) is 6.92 Å². The number of thioether (sulfide) groups is 1. The van der Waals surface area contributed by atoms with Gasteiger partial charge in [0.1, 0.15) is 17.1 Å². The number of amides is 3. The molecule has 2 aromatic rings. The van der Waals surface area contributed by atoms with Gasteiger partial charge in [0.05, 0.1) is 17.4 Å². The number of pyridine rings is 1. The molecule has 0 saturated carbocycles. The van der Waals surface area contributed by atoms with E-state index in [1.165, 1.54) is 17.1 Å². The van der Waals surface area contributed by atoms with Gasteiger partial charge in [0.25, 0.3) is 17.7 Å². The van der Waals surface area contributed by atoms with Crippen LogP contribution in [0.2, 0.25) is 0 Å². The molecule has 16 heteroatoms. The van der Waals surface area contributed by atoms with Crippen molar-refractivity contribution in [2.24, 2.45) is 5.16 Å². The quantitative estimate of drug-likeness (QED) is 0.114. The van der Waals surface area contributed by atoms with E-state index in [2.05, 4.69) is 20.8 Å². The smallest absolute Gasteiger partial charge is 0.276 e. The Hall–Kier alpha value is -4.18. The molecule has 2 saturated heterocycles. The van der Waals surface area contributed by atoms with Crippen LogP contribution in [-0.4, -0.2) is 69.1 Å². The van der Waals surface area contributed by atoms with E-state index in [0.29, 0.717) is 24.2 Å². The molecule has 5 heterocycles. The van der Waals surface area contributed by atoms with Gasteiger partial charge >= 0.3 is 0 Å². The number of carbonyl (C=O) groups excluding carboxylic acids is 4. The van der Waals surface area contributed by atoms with E-state index >= 15 is 0 Å². The van der Waals surface area contributed by atoms with E-state index in [-0.39, 0.29) is 40.4 Å². The minimum Gasteiger partial charge on any atom is -0.543 e. The van der Waals surface area contributed by atoms with Gasteiger partial charge in [-0.2, -0.15) is 4.57 Å². The number of oxime groups is 1. The van der Waals surface area contributed by atoms with Crippen molar-refractivity contribution in [1.29, 1.82) is 0 Å². The Morgan fingerprint density at radius 1 is 1.38 bits per heavy atom. The molecular formula is C23H24N8O6S2. The first-order chi connectivity index (χ1) is 18.7. The number of fused-ring (bicyclic) bond motifs is 1. The van der Waals surface area contributed by atoms with Gasteiger partial charge in [-0.15, -0.1) is 23.1 Å². The molecule has 2 fully saturated rings. The highest BCUT2D eigenvalue weighted by Gasteiger charge is 2.53. The zero-order valence-electron chi connectivity index (χ0n) is 20.6. The van der Waals surface area contributed by atoms with E-state index in [0.717, 1.165) is 21.9 Å². The normalized spacial score (nSPS) is 22.7. The van der Waals surface area contributed by atoms with Gasteiger partial charge in [0.2, 0.25) is 11.8 Å². The fourth-order valence-electron chi connectivity index (χ4n) is 4.42. The van der Waals surface area contributed by atoms with Crippen LogP contribution in [0.5, 0.6) is 0 Å². The first kappa shape index (κ1) is 26.4. The fourth-order valence-corrected chi connectivity index (χ4v) is 6.30. The number of nitrogens with two attached hydrogens (primary N) is 2. The molecule has 0 unspecified atom stereocenters. The summed E-state index contributed by atoms with van der Waals surface area (Å²) < 4.78 is 1.80. The minimum atomic E-state index is -1.49. The van der Waals surface area contributed by atoms with Crippen molar-refractivity contribution in [3.8, 4) is 0 Å². The van der Waals surface area contributed by atoms with Crippen LogP contribution >= 0.6 is 23.1 Å². The van der Waals surface area contributed by atoms with Gasteiger partial charge in [0.15, 0.2) is 23.6 Å². The van der Waals surface area contributed by atoms with Gasteiger partial charge < -0.3 is 36.8 Å². The summed E-state index contributed by atoms with van der Waals surface area (Å²) in [5, 5.41) is 22.2. The number of carbonyl (C=O) groups is 4. The second-order valence-corrected chi connectivity index (χ2v) is 11.0. The Labute approximate surface area is 230 Å². The largest absolute Gasteiger partial charge is 0.543 e. The molecular weight excluding hydrogens is 548 g/mol. The maximum Gasteiger partial charge on any atom is 0.276 e. The number of carboxylic acid groups (broad SMARTS) is 1. The molecule has 0 spiro atoms. The number of rotatable bonds is 8. The van der Waals surface area contributed by atoms with Gasteiger partial charge in [-0.3, -0.25) is 19.3 Å². The summed E-state index contributed by atoms with van der Waals surface area (Å²) >= 11 is 2.39. The Balaban J connectivity index is 1.35. The summed E-state index contributed by atoms with van der Waals surface area (Å²) in [6.45, 7) is 2.43. The average molecular weight is 573 g/mol. The van der Waals surface area contributed by atoms with E-state index in [1.54, 1.807) is 22.9 Å². The molecule has 3 aliphatic rings. The van der Waals surface area contributed by atoms with Crippen LogP contribution in [0.1, 0.15) is 17.8 Å². The van der Waals surface area contributed by atoms with Crippen LogP contribution in [0.25, 0.3) is 0 Å². The van der Waals surface area contributed by atoms with Gasteiger partial charge in [0, 0.05) is 42.7 Å². The molecule has 0 aliphatic carbocycles. The number of hydrogen-bond donors (Lipinski definition) is 4. The van der Waals surface area contributed by atoms with Crippen molar-refractivity contribution in [2.75, 3.05) is 23.8 Å². The lowest BCUT2D eigenvalue weighted by Gasteiger charge is -2.50. The van der Waals surface area contributed by atoms with Crippen LogP contribution in [0.3, 0.4) is 0 Å². The molecule has 0 bridgehead atoms. The molecule has 3 amide bonds. The van der Waals surface area contributed by atoms with Crippen molar-refractivity contribution in [3.05, 3.63) is 46.4 Å². The lowest BCUT2D eigenvalue weighted by atomic mass is 10.0. The number of hydrogen-bond acceptors (Lipinski definition) is 12. The average Bonchev–Trinajstić information content (AvgIpc) is 3.52. The topological polar surface area (TPSA) is 209 Å². The summed E-state index contributed by atoms with van der Waals surface area (Å²) in [4.78, 5) is 60.8. The summed E-state index contributed by atoms with van der Waals surface area (Å²) in [5.41, 5.74) is 13.1. The van der Waals surface area contributed by atoms with Crippen molar-refractivity contribution in [1.82, 2.24) is 20.5 Å². The summed E-state index contributed by atoms with van der Waals surface area (Å²) in [6.07, 6.45) is 1.28. The Morgan fingerprint density at radius 3 is 2.85 bits per heavy atom. The molecule has 3 aliphatic heterocycles. The highest BCUT2D eigenvalue weighted by Crippen LogP contribution is 2.40. The number of nitrogens with zero attached hydrogens (tertiary/aromatic N) is 4. The Bertz CT molecular complexity index is 1440. The number of thiazole rings is 1. The number of aliphatic carboxylic acids is 1. The number of aromatic nitrogens is 2. The predicted molar refractivity (Wildman–Crippen MR) is 138 cm³/mol. The number of anilines is 2. The standard InChI is InChI=1S/C23H24N8O6S2/c1-10-12(24)3-2-6-30(10)7-11-8-38-21-16(20(34)31(21)17(11)22(35)36)28-19(33)15(13-9-39-23(25)27-13)29-37-14-4-5-26-18(14)32/h2-3,6,9,14,16,21H,4-5,7-8,24H2,1H3,(H4-,25,26,27,28,32,33,35,36)/b29-15-/t14-,16+,21-/m0/s1. The lowest BCUT2D eigenvalue weighted by molar-refractivity contribution is -0.694. The minimum absolute atomic E-state index is 0.112. The van der Waals surface area contributed by atoms with Crippen molar-refractivity contribution < 1.29 is 33.7 Å². The second kappa shape index (κ2) is 10.5. The highest BCUT2D eigenvalue weighted by atomic mass is 32.2. The maximum absolute atomic E-state index is 13.2. The summed E-state index contributed by atoms with van der Waals surface area (Å²) in [7, 11) is 0. The number of carboxylic acids is 1. The zero-order valence-corrected chi connectivity index (χ0v) is 22.2. The van der Waals surface area contributed by atoms with E-state index < -0.39 is 35.3 Å². The molecule has 6 N–H and O–H groups in total. The SMILES string of the molecule is Cc1c(N)ccc[n+]1CC1=C(C(=O)[O-])N2C(=O)[C@@H](NC(=O)/C(=N\O[C@H]3CCNC3=O)c3csc(N)n3)[C@@H]2SC1. The van der Waals surface area contributed by atoms with E-state index in [4.69, 9.17) is 16.3 Å². The highest BCUT2D eigenvalue weighted by molar-refractivity contribution is 8.00. The van der Waals surface area contributed by atoms with Gasteiger partial charge in [-0.1, -0.05) is 5.16 Å². The number of nitrogen functional groups attached to an aromatic ring is 2. The van der Waals surface area contributed by atoms with Crippen LogP contribution in [0.4, 0.5) is 10.8 Å². The third-order valence-corrected chi connectivity index (χ3v) is 8.54. The first-order valence-electron chi connectivity index (χ1n) is 11.8. The van der Waals surface area contributed by atoms with Crippen LogP contribution in [0.15, 0.2) is 40.1 Å². The fraction of sp³-hybridized carbons (Fsp3) is 0.348.